The molecule has 1 saturated heterocycles. The molecule has 1 aromatic rings. The van der Waals surface area contributed by atoms with Gasteiger partial charge in [-0.3, -0.25) is 9.79 Å². The van der Waals surface area contributed by atoms with Gasteiger partial charge in [-0.05, 0) is 25.5 Å². The van der Waals surface area contributed by atoms with Crippen molar-refractivity contribution in [3.8, 4) is 0 Å². The SMILES string of the molecule is CCNC(=NCC(C)C(=O)OC)NC1CCN(c2ccc(F)cc2F)C1. The Morgan fingerprint density at radius 3 is 2.88 bits per heavy atom. The number of halogens is 2. The van der Waals surface area contributed by atoms with E-state index >= 15 is 0 Å². The largest absolute Gasteiger partial charge is 0.469 e. The van der Waals surface area contributed by atoms with E-state index in [1.54, 1.807) is 6.92 Å². The van der Waals surface area contributed by atoms with Crippen LogP contribution in [-0.4, -0.2) is 51.3 Å². The molecule has 0 aromatic heterocycles. The van der Waals surface area contributed by atoms with Crippen molar-refractivity contribution in [3.63, 3.8) is 0 Å². The second-order valence-corrected chi connectivity index (χ2v) is 6.32. The van der Waals surface area contributed by atoms with Crippen LogP contribution in [0.25, 0.3) is 0 Å². The van der Waals surface area contributed by atoms with E-state index in [1.807, 2.05) is 11.8 Å². The summed E-state index contributed by atoms with van der Waals surface area (Å²) >= 11 is 0. The van der Waals surface area contributed by atoms with Crippen LogP contribution in [0.15, 0.2) is 23.2 Å². The maximum atomic E-state index is 13.9. The monoisotopic (exact) mass is 368 g/mol. The van der Waals surface area contributed by atoms with Gasteiger partial charge >= 0.3 is 5.97 Å². The molecule has 26 heavy (non-hydrogen) atoms. The number of esters is 1. The van der Waals surface area contributed by atoms with Gasteiger partial charge in [0.1, 0.15) is 11.6 Å². The molecule has 1 aromatic carbocycles. The van der Waals surface area contributed by atoms with Crippen molar-refractivity contribution in [1.29, 1.82) is 0 Å². The van der Waals surface area contributed by atoms with Crippen LogP contribution in [0.3, 0.4) is 0 Å². The van der Waals surface area contributed by atoms with Gasteiger partial charge in [0.2, 0.25) is 0 Å². The van der Waals surface area contributed by atoms with Gasteiger partial charge in [-0.1, -0.05) is 6.92 Å². The predicted octanol–water partition coefficient (Wildman–Crippen LogP) is 1.91. The number of ether oxygens (including phenoxy) is 1. The molecule has 2 atom stereocenters. The van der Waals surface area contributed by atoms with Crippen molar-refractivity contribution < 1.29 is 18.3 Å². The lowest BCUT2D eigenvalue weighted by atomic mass is 10.2. The first-order valence-corrected chi connectivity index (χ1v) is 8.77. The number of methoxy groups -OCH3 is 1. The fraction of sp³-hybridized carbons (Fsp3) is 0.556. The van der Waals surface area contributed by atoms with Crippen LogP contribution in [-0.2, 0) is 9.53 Å². The molecular formula is C18H26F2N4O2. The molecule has 1 heterocycles. The number of guanidine groups is 1. The summed E-state index contributed by atoms with van der Waals surface area (Å²) in [6, 6.07) is 3.70. The van der Waals surface area contributed by atoms with Gasteiger partial charge in [0.05, 0.1) is 25.3 Å². The van der Waals surface area contributed by atoms with Crippen molar-refractivity contribution in [3.05, 3.63) is 29.8 Å². The number of anilines is 1. The van der Waals surface area contributed by atoms with Gasteiger partial charge < -0.3 is 20.3 Å². The first-order valence-electron chi connectivity index (χ1n) is 8.77. The summed E-state index contributed by atoms with van der Waals surface area (Å²) in [4.78, 5) is 17.8. The number of aliphatic imine (C=N–C) groups is 1. The Hall–Kier alpha value is -2.38. The summed E-state index contributed by atoms with van der Waals surface area (Å²) in [5.74, 6) is -1.17. The Morgan fingerprint density at radius 2 is 2.23 bits per heavy atom. The lowest BCUT2D eigenvalue weighted by Gasteiger charge is -2.21. The Kier molecular flexibility index (Phi) is 7.17. The average Bonchev–Trinajstić information content (AvgIpc) is 3.07. The first-order chi connectivity index (χ1) is 12.4. The minimum absolute atomic E-state index is 0.0747. The quantitative estimate of drug-likeness (QED) is 0.456. The second-order valence-electron chi connectivity index (χ2n) is 6.32. The maximum Gasteiger partial charge on any atom is 0.310 e. The molecule has 0 saturated carbocycles. The number of nitrogens with zero attached hydrogens (tertiary/aromatic N) is 2. The normalized spacial score (nSPS) is 18.6. The van der Waals surface area contributed by atoms with Crippen molar-refractivity contribution in [2.45, 2.75) is 26.3 Å². The summed E-state index contributed by atoms with van der Waals surface area (Å²) in [5.41, 5.74) is 0.400. The summed E-state index contributed by atoms with van der Waals surface area (Å²) in [7, 11) is 1.35. The van der Waals surface area contributed by atoms with Crippen LogP contribution >= 0.6 is 0 Å². The standard InChI is InChI=1S/C18H26F2N4O2/c1-4-21-18(22-10-12(2)17(25)26-3)23-14-7-8-24(11-14)16-6-5-13(19)9-15(16)20/h5-6,9,12,14H,4,7-8,10-11H2,1-3H3,(H2,21,22,23). The number of benzene rings is 1. The van der Waals surface area contributed by atoms with Crippen LogP contribution < -0.4 is 15.5 Å². The van der Waals surface area contributed by atoms with E-state index in [9.17, 15) is 13.6 Å². The lowest BCUT2D eigenvalue weighted by Crippen LogP contribution is -2.45. The van der Waals surface area contributed by atoms with E-state index in [4.69, 9.17) is 4.74 Å². The third-order valence-electron chi connectivity index (χ3n) is 4.25. The summed E-state index contributed by atoms with van der Waals surface area (Å²) < 4.78 is 31.7. The van der Waals surface area contributed by atoms with E-state index in [2.05, 4.69) is 15.6 Å². The van der Waals surface area contributed by atoms with E-state index in [-0.39, 0.29) is 17.9 Å². The number of carbonyl (C=O) groups is 1. The molecule has 0 spiro atoms. The van der Waals surface area contributed by atoms with Crippen LogP contribution in [0.2, 0.25) is 0 Å². The number of hydrogen-bond acceptors (Lipinski definition) is 4. The number of hydrogen-bond donors (Lipinski definition) is 2. The molecule has 1 aliphatic rings. The highest BCUT2D eigenvalue weighted by molar-refractivity contribution is 5.81. The molecule has 144 valence electrons. The van der Waals surface area contributed by atoms with Crippen LogP contribution in [0.4, 0.5) is 14.5 Å². The van der Waals surface area contributed by atoms with Gasteiger partial charge in [-0.2, -0.15) is 0 Å². The second kappa shape index (κ2) is 9.35. The molecular weight excluding hydrogens is 342 g/mol. The van der Waals surface area contributed by atoms with Crippen molar-refractivity contribution >= 4 is 17.6 Å². The van der Waals surface area contributed by atoms with Crippen LogP contribution in [0, 0.1) is 17.6 Å². The van der Waals surface area contributed by atoms with E-state index < -0.39 is 11.6 Å². The summed E-state index contributed by atoms with van der Waals surface area (Å²) in [6.45, 7) is 5.95. The van der Waals surface area contributed by atoms with Crippen LogP contribution in [0.1, 0.15) is 20.3 Å². The van der Waals surface area contributed by atoms with Gasteiger partial charge in [0.15, 0.2) is 5.96 Å². The molecule has 6 nitrogen and oxygen atoms in total. The molecule has 0 aliphatic carbocycles. The molecule has 1 fully saturated rings. The van der Waals surface area contributed by atoms with Crippen molar-refractivity contribution in [1.82, 2.24) is 10.6 Å². The smallest absolute Gasteiger partial charge is 0.310 e. The highest BCUT2D eigenvalue weighted by atomic mass is 19.1. The Bertz CT molecular complexity index is 654. The van der Waals surface area contributed by atoms with Gasteiger partial charge in [0.25, 0.3) is 0 Å². The number of carbonyl (C=O) groups excluding carboxylic acids is 1. The van der Waals surface area contributed by atoms with Crippen molar-refractivity contribution in [2.75, 3.05) is 38.2 Å². The van der Waals surface area contributed by atoms with Gasteiger partial charge in [-0.25, -0.2) is 8.78 Å². The predicted molar refractivity (Wildman–Crippen MR) is 97.3 cm³/mol. The highest BCUT2D eigenvalue weighted by Gasteiger charge is 2.25. The van der Waals surface area contributed by atoms with Crippen molar-refractivity contribution in [2.24, 2.45) is 10.9 Å². The minimum atomic E-state index is -0.582. The average molecular weight is 368 g/mol. The maximum absolute atomic E-state index is 13.9. The fourth-order valence-corrected chi connectivity index (χ4v) is 2.85. The minimum Gasteiger partial charge on any atom is -0.469 e. The molecule has 2 unspecified atom stereocenters. The molecule has 0 bridgehead atoms. The molecule has 2 rings (SSSR count). The molecule has 0 radical (unpaired) electrons. The third kappa shape index (κ3) is 5.31. The number of rotatable bonds is 6. The summed E-state index contributed by atoms with van der Waals surface area (Å²) in [6.07, 6.45) is 0.799. The Labute approximate surface area is 152 Å². The highest BCUT2D eigenvalue weighted by Crippen LogP contribution is 2.24. The first kappa shape index (κ1) is 19.9. The third-order valence-corrected chi connectivity index (χ3v) is 4.25. The summed E-state index contributed by atoms with van der Waals surface area (Å²) in [5, 5.41) is 6.45. The zero-order valence-corrected chi connectivity index (χ0v) is 15.4. The number of nitrogens with one attached hydrogen (secondary N) is 2. The molecule has 8 heteroatoms. The van der Waals surface area contributed by atoms with E-state index in [1.165, 1.54) is 19.2 Å². The molecule has 1 aliphatic heterocycles. The Morgan fingerprint density at radius 1 is 1.46 bits per heavy atom. The van der Waals surface area contributed by atoms with Gasteiger partial charge in [-0.15, -0.1) is 0 Å². The Balaban J connectivity index is 1.96. The van der Waals surface area contributed by atoms with Crippen LogP contribution in [0.5, 0.6) is 0 Å². The van der Waals surface area contributed by atoms with E-state index in [0.717, 1.165) is 12.5 Å². The topological polar surface area (TPSA) is 66.0 Å². The molecule has 2 N–H and O–H groups in total. The molecule has 0 amide bonds. The fourth-order valence-electron chi connectivity index (χ4n) is 2.85. The zero-order chi connectivity index (χ0) is 19.1. The lowest BCUT2D eigenvalue weighted by molar-refractivity contribution is -0.144. The zero-order valence-electron chi connectivity index (χ0n) is 15.4. The van der Waals surface area contributed by atoms with Gasteiger partial charge in [0, 0.05) is 31.7 Å². The van der Waals surface area contributed by atoms with E-state index in [0.29, 0.717) is 37.8 Å².